The number of halogens is 4. The monoisotopic (exact) mass is 464 g/mol. The summed E-state index contributed by atoms with van der Waals surface area (Å²) in [7, 11) is 1.28. The van der Waals surface area contributed by atoms with E-state index in [0.29, 0.717) is 43.4 Å². The second kappa shape index (κ2) is 8.04. The molecule has 0 saturated carbocycles. The van der Waals surface area contributed by atoms with Crippen molar-refractivity contribution in [2.45, 2.75) is 31.9 Å². The van der Waals surface area contributed by atoms with Crippen LogP contribution in [0.2, 0.25) is 0 Å². The topological polar surface area (TPSA) is 49.9 Å². The number of benzene rings is 2. The van der Waals surface area contributed by atoms with E-state index in [1.165, 1.54) is 7.11 Å². The number of anilines is 2. The lowest BCUT2D eigenvalue weighted by Gasteiger charge is -2.25. The summed E-state index contributed by atoms with van der Waals surface area (Å²) in [6, 6.07) is 7.56. The van der Waals surface area contributed by atoms with Crippen LogP contribution in [0.1, 0.15) is 41.8 Å². The molecule has 1 unspecified atom stereocenters. The van der Waals surface area contributed by atoms with Gasteiger partial charge in [0.25, 0.3) is 0 Å². The number of alkyl halides is 3. The van der Waals surface area contributed by atoms with Crippen molar-refractivity contribution in [1.29, 1.82) is 0 Å². The standard InChI is InChI=1S/C24H24F4N2O3/c1-23(2)19-5-4-15(21(31)33-3)8-20(19)30(22(23)32)13-14-6-7-29(12-14)18-10-16(24(26,27)28)9-17(25)11-18/h4-5,8-11,14H,6-7,12-13H2,1-3H3. The highest BCUT2D eigenvalue weighted by atomic mass is 19.4. The van der Waals surface area contributed by atoms with Gasteiger partial charge in [-0.15, -0.1) is 0 Å². The Morgan fingerprint density at radius 1 is 1.18 bits per heavy atom. The average Bonchev–Trinajstić information content (AvgIpc) is 3.29. The van der Waals surface area contributed by atoms with Crippen LogP contribution >= 0.6 is 0 Å². The highest BCUT2D eigenvalue weighted by Crippen LogP contribution is 2.43. The number of hydrogen-bond acceptors (Lipinski definition) is 4. The first kappa shape index (κ1) is 23.1. The molecular weight excluding hydrogens is 440 g/mol. The summed E-state index contributed by atoms with van der Waals surface area (Å²) < 4.78 is 57.9. The fraction of sp³-hybridized carbons (Fsp3) is 0.417. The van der Waals surface area contributed by atoms with Crippen molar-refractivity contribution in [3.8, 4) is 0 Å². The third-order valence-electron chi connectivity index (χ3n) is 6.46. The van der Waals surface area contributed by atoms with Crippen molar-refractivity contribution in [3.05, 3.63) is 58.9 Å². The molecule has 0 N–H and O–H groups in total. The van der Waals surface area contributed by atoms with Crippen LogP contribution in [0.4, 0.5) is 28.9 Å². The van der Waals surface area contributed by atoms with Crippen molar-refractivity contribution < 1.29 is 31.9 Å². The van der Waals surface area contributed by atoms with Crippen LogP contribution in [0.3, 0.4) is 0 Å². The molecule has 2 aromatic carbocycles. The van der Waals surface area contributed by atoms with Gasteiger partial charge in [-0.2, -0.15) is 13.2 Å². The number of carbonyl (C=O) groups is 2. The van der Waals surface area contributed by atoms with Gasteiger partial charge in [-0.05, 0) is 62.1 Å². The van der Waals surface area contributed by atoms with Gasteiger partial charge in [0.05, 0.1) is 23.7 Å². The quantitative estimate of drug-likeness (QED) is 0.483. The average molecular weight is 464 g/mol. The summed E-state index contributed by atoms with van der Waals surface area (Å²) in [6.45, 7) is 4.82. The van der Waals surface area contributed by atoms with Gasteiger partial charge in [-0.3, -0.25) is 4.79 Å². The molecule has 0 aliphatic carbocycles. The van der Waals surface area contributed by atoms with Crippen LogP contribution in [0.15, 0.2) is 36.4 Å². The number of esters is 1. The molecular formula is C24H24F4N2O3. The third-order valence-corrected chi connectivity index (χ3v) is 6.46. The maximum Gasteiger partial charge on any atom is 0.416 e. The first-order valence-electron chi connectivity index (χ1n) is 10.6. The molecule has 0 bridgehead atoms. The van der Waals surface area contributed by atoms with Crippen LogP contribution in [0, 0.1) is 11.7 Å². The molecule has 33 heavy (non-hydrogen) atoms. The number of carbonyl (C=O) groups excluding carboxylic acids is 2. The fourth-order valence-corrected chi connectivity index (χ4v) is 4.67. The van der Waals surface area contributed by atoms with Gasteiger partial charge in [0.2, 0.25) is 5.91 Å². The Kier molecular flexibility index (Phi) is 5.62. The summed E-state index contributed by atoms with van der Waals surface area (Å²) in [4.78, 5) is 28.5. The molecule has 176 valence electrons. The van der Waals surface area contributed by atoms with Gasteiger partial charge in [0.1, 0.15) is 5.82 Å². The Morgan fingerprint density at radius 2 is 1.91 bits per heavy atom. The molecule has 2 aliphatic heterocycles. The lowest BCUT2D eigenvalue weighted by molar-refractivity contribution is -0.137. The zero-order valence-electron chi connectivity index (χ0n) is 18.5. The minimum atomic E-state index is -4.63. The van der Waals surface area contributed by atoms with Crippen molar-refractivity contribution in [1.82, 2.24) is 0 Å². The zero-order valence-corrected chi connectivity index (χ0v) is 18.5. The molecule has 2 aliphatic rings. The molecule has 1 saturated heterocycles. The van der Waals surface area contributed by atoms with Gasteiger partial charge in [0.15, 0.2) is 0 Å². The van der Waals surface area contributed by atoms with E-state index in [2.05, 4.69) is 0 Å². The van der Waals surface area contributed by atoms with Crippen LogP contribution < -0.4 is 9.80 Å². The van der Waals surface area contributed by atoms with Crippen LogP contribution in [-0.2, 0) is 21.1 Å². The van der Waals surface area contributed by atoms with E-state index in [4.69, 9.17) is 4.74 Å². The lowest BCUT2D eigenvalue weighted by Crippen LogP contribution is -2.39. The van der Waals surface area contributed by atoms with E-state index in [-0.39, 0.29) is 17.5 Å². The first-order chi connectivity index (χ1) is 15.4. The molecule has 0 aromatic heterocycles. The predicted octanol–water partition coefficient (Wildman–Crippen LogP) is 4.78. The zero-order chi connectivity index (χ0) is 24.1. The van der Waals surface area contributed by atoms with Gasteiger partial charge >= 0.3 is 12.1 Å². The Hall–Kier alpha value is -3.10. The summed E-state index contributed by atoms with van der Waals surface area (Å²) in [6.07, 6.45) is -4.00. The summed E-state index contributed by atoms with van der Waals surface area (Å²) in [5.41, 5.74) is 0.144. The smallest absolute Gasteiger partial charge is 0.416 e. The number of ether oxygens (including phenoxy) is 1. The summed E-state index contributed by atoms with van der Waals surface area (Å²) >= 11 is 0. The Morgan fingerprint density at radius 3 is 2.58 bits per heavy atom. The lowest BCUT2D eigenvalue weighted by atomic mass is 9.86. The highest BCUT2D eigenvalue weighted by molar-refractivity contribution is 6.08. The minimum absolute atomic E-state index is 0.0323. The second-order valence-corrected chi connectivity index (χ2v) is 9.06. The molecule has 2 heterocycles. The van der Waals surface area contributed by atoms with Crippen LogP contribution in [0.5, 0.6) is 0 Å². The highest BCUT2D eigenvalue weighted by Gasteiger charge is 2.45. The Labute approximate surface area is 188 Å². The molecule has 4 rings (SSSR count). The molecule has 2 aromatic rings. The maximum absolute atomic E-state index is 13.9. The van der Waals surface area contributed by atoms with Crippen molar-refractivity contribution >= 4 is 23.3 Å². The molecule has 0 radical (unpaired) electrons. The fourth-order valence-electron chi connectivity index (χ4n) is 4.67. The van der Waals surface area contributed by atoms with Crippen molar-refractivity contribution in [2.24, 2.45) is 5.92 Å². The number of amides is 1. The van der Waals surface area contributed by atoms with Crippen molar-refractivity contribution in [2.75, 3.05) is 36.5 Å². The third kappa shape index (κ3) is 4.16. The van der Waals surface area contributed by atoms with E-state index in [0.717, 1.165) is 17.7 Å². The molecule has 0 spiro atoms. The van der Waals surface area contributed by atoms with E-state index < -0.39 is 28.9 Å². The minimum Gasteiger partial charge on any atom is -0.465 e. The van der Waals surface area contributed by atoms with Gasteiger partial charge in [-0.25, -0.2) is 9.18 Å². The van der Waals surface area contributed by atoms with Gasteiger partial charge in [-0.1, -0.05) is 6.07 Å². The number of hydrogen-bond donors (Lipinski definition) is 0. The molecule has 9 heteroatoms. The predicted molar refractivity (Wildman–Crippen MR) is 115 cm³/mol. The largest absolute Gasteiger partial charge is 0.465 e. The second-order valence-electron chi connectivity index (χ2n) is 9.06. The normalized spacial score (nSPS) is 19.7. The summed E-state index contributed by atoms with van der Waals surface area (Å²) in [5.74, 6) is -1.59. The van der Waals surface area contributed by atoms with E-state index in [9.17, 15) is 27.2 Å². The van der Waals surface area contributed by atoms with Crippen molar-refractivity contribution in [3.63, 3.8) is 0 Å². The molecule has 5 nitrogen and oxygen atoms in total. The number of nitrogens with zero attached hydrogens (tertiary/aromatic N) is 2. The van der Waals surface area contributed by atoms with Gasteiger partial charge < -0.3 is 14.5 Å². The number of methoxy groups -OCH3 is 1. The maximum atomic E-state index is 13.9. The Bertz CT molecular complexity index is 1110. The van der Waals surface area contributed by atoms with Gasteiger partial charge in [0, 0.05) is 31.0 Å². The molecule has 1 atom stereocenters. The molecule has 1 amide bonds. The number of rotatable bonds is 4. The molecule has 1 fully saturated rings. The van der Waals surface area contributed by atoms with Crippen LogP contribution in [0.25, 0.3) is 0 Å². The van der Waals surface area contributed by atoms with E-state index in [1.54, 1.807) is 28.0 Å². The Balaban J connectivity index is 1.56. The summed E-state index contributed by atoms with van der Waals surface area (Å²) in [5, 5.41) is 0. The first-order valence-corrected chi connectivity index (χ1v) is 10.6. The van der Waals surface area contributed by atoms with E-state index >= 15 is 0 Å². The van der Waals surface area contributed by atoms with Crippen LogP contribution in [-0.4, -0.2) is 38.6 Å². The number of fused-ring (bicyclic) bond motifs is 1. The van der Waals surface area contributed by atoms with E-state index in [1.807, 2.05) is 13.8 Å². The SMILES string of the molecule is COC(=O)c1ccc2c(c1)N(CC1CCN(c3cc(F)cc(C(F)(F)F)c3)C1)C(=O)C2(C)C.